The number of amides is 3. The number of aryl methyl sites for hydroxylation is 1. The van der Waals surface area contributed by atoms with Gasteiger partial charge in [0.05, 0.1) is 0 Å². The number of phenolic OH excluding ortho intramolecular Hbond substituents is 1. The summed E-state index contributed by atoms with van der Waals surface area (Å²) in [4.78, 5) is 42.8. The van der Waals surface area contributed by atoms with Gasteiger partial charge in [-0.25, -0.2) is 4.79 Å². The number of carbonyl (C=O) groups is 3. The minimum Gasteiger partial charge on any atom is -0.507 e. The van der Waals surface area contributed by atoms with Crippen LogP contribution in [-0.4, -0.2) is 52.6 Å². The lowest BCUT2D eigenvalue weighted by Gasteiger charge is -2.35. The van der Waals surface area contributed by atoms with Gasteiger partial charge in [0, 0.05) is 25.1 Å². The first-order valence-electron chi connectivity index (χ1n) is 15.4. The van der Waals surface area contributed by atoms with Crippen LogP contribution in [0.15, 0.2) is 48.5 Å². The van der Waals surface area contributed by atoms with E-state index in [-0.39, 0.29) is 18.1 Å². The van der Waals surface area contributed by atoms with Gasteiger partial charge in [0.1, 0.15) is 23.4 Å². The zero-order valence-corrected chi connectivity index (χ0v) is 26.4. The molecule has 0 bridgehead atoms. The van der Waals surface area contributed by atoms with Gasteiger partial charge in [0.25, 0.3) is 0 Å². The van der Waals surface area contributed by atoms with E-state index >= 15 is 0 Å². The zero-order chi connectivity index (χ0) is 31.1. The molecule has 3 N–H and O–H groups in total. The second kappa shape index (κ2) is 17.4. The van der Waals surface area contributed by atoms with Crippen molar-refractivity contribution >= 4 is 17.9 Å². The van der Waals surface area contributed by atoms with Crippen LogP contribution < -0.4 is 10.6 Å². The van der Waals surface area contributed by atoms with Gasteiger partial charge in [0.15, 0.2) is 0 Å². The Morgan fingerprint density at radius 3 is 2.21 bits per heavy atom. The molecule has 0 saturated heterocycles. The number of nitrogens with one attached hydrogen (secondary N) is 2. The van der Waals surface area contributed by atoms with E-state index in [0.717, 1.165) is 44.1 Å². The van der Waals surface area contributed by atoms with Crippen LogP contribution in [-0.2, 0) is 20.7 Å². The monoisotopic (exact) mass is 581 g/mol. The van der Waals surface area contributed by atoms with Crippen LogP contribution in [0, 0.1) is 6.92 Å². The maximum Gasteiger partial charge on any atom is 0.408 e. The topological polar surface area (TPSA) is 108 Å². The molecule has 0 aliphatic carbocycles. The second-order valence-corrected chi connectivity index (χ2v) is 11.9. The normalized spacial score (nSPS) is 12.7. The number of hydrogen-bond donors (Lipinski definition) is 3. The highest BCUT2D eigenvalue weighted by Crippen LogP contribution is 2.33. The van der Waals surface area contributed by atoms with Gasteiger partial charge in [-0.3, -0.25) is 9.59 Å². The lowest BCUT2D eigenvalue weighted by Crippen LogP contribution is -2.54. The average Bonchev–Trinajstić information content (AvgIpc) is 2.93. The molecule has 3 amide bonds. The molecule has 2 rings (SSSR count). The van der Waals surface area contributed by atoms with Crippen molar-refractivity contribution in [3.63, 3.8) is 0 Å². The van der Waals surface area contributed by atoms with Crippen molar-refractivity contribution in [1.82, 2.24) is 15.5 Å². The smallest absolute Gasteiger partial charge is 0.408 e. The van der Waals surface area contributed by atoms with Gasteiger partial charge >= 0.3 is 6.09 Å². The zero-order valence-electron chi connectivity index (χ0n) is 26.4. The molecule has 0 heterocycles. The van der Waals surface area contributed by atoms with E-state index in [2.05, 4.69) is 17.6 Å². The number of aromatic hydroxyl groups is 1. The maximum atomic E-state index is 14.5. The minimum absolute atomic E-state index is 0.0170. The van der Waals surface area contributed by atoms with E-state index in [1.165, 1.54) is 4.90 Å². The number of ether oxygens (including phenoxy) is 1. The van der Waals surface area contributed by atoms with E-state index in [0.29, 0.717) is 30.6 Å². The van der Waals surface area contributed by atoms with Crippen LogP contribution in [0.3, 0.4) is 0 Å². The Morgan fingerprint density at radius 2 is 1.57 bits per heavy atom. The average molecular weight is 582 g/mol. The molecule has 2 aromatic carbocycles. The Kier molecular flexibility index (Phi) is 14.4. The standard InChI is InChI=1S/C34H51N3O5/c1-7-9-11-12-16-23-37(29(31(39)35-22-10-8-2)27-21-17-18-25(3)30(27)38)32(40)28(24-26-19-14-13-15-20-26)36-33(41)42-34(4,5)6/h13-15,17-21,28-29,38H,7-12,16,22-24H2,1-6H3,(H,35,39)(H,36,41). The van der Waals surface area contributed by atoms with Crippen LogP contribution in [0.25, 0.3) is 0 Å². The second-order valence-electron chi connectivity index (χ2n) is 11.9. The fourth-order valence-electron chi connectivity index (χ4n) is 4.79. The highest BCUT2D eigenvalue weighted by atomic mass is 16.6. The number of benzene rings is 2. The van der Waals surface area contributed by atoms with Gasteiger partial charge in [-0.15, -0.1) is 0 Å². The summed E-state index contributed by atoms with van der Waals surface area (Å²) in [5.74, 6) is -0.782. The van der Waals surface area contributed by atoms with Crippen molar-refractivity contribution in [3.05, 3.63) is 65.2 Å². The molecule has 42 heavy (non-hydrogen) atoms. The van der Waals surface area contributed by atoms with Crippen LogP contribution in [0.1, 0.15) is 102 Å². The molecule has 2 aromatic rings. The number of para-hydroxylation sites is 1. The van der Waals surface area contributed by atoms with Crippen LogP contribution in [0.5, 0.6) is 5.75 Å². The van der Waals surface area contributed by atoms with Crippen LogP contribution >= 0.6 is 0 Å². The summed E-state index contributed by atoms with van der Waals surface area (Å²) in [6.07, 6.45) is 5.97. The molecule has 0 fully saturated rings. The fraction of sp³-hybridized carbons (Fsp3) is 0.559. The lowest BCUT2D eigenvalue weighted by molar-refractivity contribution is -0.142. The van der Waals surface area contributed by atoms with Gasteiger partial charge in [-0.1, -0.05) is 94.5 Å². The summed E-state index contributed by atoms with van der Waals surface area (Å²) >= 11 is 0. The van der Waals surface area contributed by atoms with Crippen molar-refractivity contribution < 1.29 is 24.2 Å². The summed E-state index contributed by atoms with van der Waals surface area (Å²) in [5.41, 5.74) is 1.08. The Bertz CT molecular complexity index is 1130. The van der Waals surface area contributed by atoms with Crippen molar-refractivity contribution in [2.45, 2.75) is 111 Å². The number of nitrogens with zero attached hydrogens (tertiary/aromatic N) is 1. The molecule has 8 heteroatoms. The maximum absolute atomic E-state index is 14.5. The van der Waals surface area contributed by atoms with E-state index in [1.54, 1.807) is 45.9 Å². The predicted molar refractivity (Wildman–Crippen MR) is 167 cm³/mol. The number of carbonyl (C=O) groups excluding carboxylic acids is 3. The summed E-state index contributed by atoms with van der Waals surface area (Å²) in [6, 6.07) is 12.6. The van der Waals surface area contributed by atoms with E-state index < -0.39 is 29.7 Å². The third-order valence-corrected chi connectivity index (χ3v) is 7.01. The van der Waals surface area contributed by atoms with E-state index in [1.807, 2.05) is 37.3 Å². The number of hydrogen-bond acceptors (Lipinski definition) is 5. The molecule has 0 aromatic heterocycles. The quantitative estimate of drug-likeness (QED) is 0.194. The van der Waals surface area contributed by atoms with Crippen molar-refractivity contribution in [1.29, 1.82) is 0 Å². The third kappa shape index (κ3) is 11.4. The highest BCUT2D eigenvalue weighted by molar-refractivity contribution is 5.92. The van der Waals surface area contributed by atoms with Gasteiger partial charge in [-0.2, -0.15) is 0 Å². The molecule has 232 valence electrons. The number of alkyl carbamates (subject to hydrolysis) is 1. The Labute approximate surface area is 252 Å². The molecule has 0 radical (unpaired) electrons. The molecule has 2 unspecified atom stereocenters. The van der Waals surface area contributed by atoms with E-state index in [4.69, 9.17) is 4.74 Å². The van der Waals surface area contributed by atoms with Crippen molar-refractivity contribution in [3.8, 4) is 5.75 Å². The highest BCUT2D eigenvalue weighted by Gasteiger charge is 2.37. The Hall–Kier alpha value is -3.55. The molecular weight excluding hydrogens is 530 g/mol. The number of rotatable bonds is 16. The first-order valence-corrected chi connectivity index (χ1v) is 15.4. The Balaban J connectivity index is 2.56. The molecular formula is C34H51N3O5. The summed E-state index contributed by atoms with van der Waals surface area (Å²) in [5, 5.41) is 16.9. The number of unbranched alkanes of at least 4 members (excludes halogenated alkanes) is 5. The van der Waals surface area contributed by atoms with E-state index in [9.17, 15) is 19.5 Å². The fourth-order valence-corrected chi connectivity index (χ4v) is 4.79. The molecule has 0 aliphatic rings. The van der Waals surface area contributed by atoms with Crippen LogP contribution in [0.2, 0.25) is 0 Å². The van der Waals surface area contributed by atoms with Gasteiger partial charge in [0.2, 0.25) is 11.8 Å². The van der Waals surface area contributed by atoms with Crippen molar-refractivity contribution in [2.24, 2.45) is 0 Å². The predicted octanol–water partition coefficient (Wildman–Crippen LogP) is 6.59. The van der Waals surface area contributed by atoms with Gasteiger partial charge < -0.3 is 25.4 Å². The lowest BCUT2D eigenvalue weighted by atomic mass is 9.97. The first-order chi connectivity index (χ1) is 20.0. The number of phenols is 1. The molecule has 0 saturated carbocycles. The van der Waals surface area contributed by atoms with Crippen molar-refractivity contribution in [2.75, 3.05) is 13.1 Å². The molecule has 0 spiro atoms. The SMILES string of the molecule is CCCCCCCN(C(=O)C(Cc1ccccc1)NC(=O)OC(C)(C)C)C(C(=O)NCCCC)c1cccc(C)c1O. The molecule has 8 nitrogen and oxygen atoms in total. The van der Waals surface area contributed by atoms with Gasteiger partial charge in [-0.05, 0) is 51.7 Å². The van der Waals surface area contributed by atoms with Crippen LogP contribution in [0.4, 0.5) is 4.79 Å². The third-order valence-electron chi connectivity index (χ3n) is 7.01. The Morgan fingerprint density at radius 1 is 0.905 bits per heavy atom. The minimum atomic E-state index is -1.07. The molecule has 2 atom stereocenters. The summed E-state index contributed by atoms with van der Waals surface area (Å²) < 4.78 is 5.51. The largest absolute Gasteiger partial charge is 0.507 e. The first kappa shape index (κ1) is 34.7. The summed E-state index contributed by atoms with van der Waals surface area (Å²) in [6.45, 7) is 12.0. The summed E-state index contributed by atoms with van der Waals surface area (Å²) in [7, 11) is 0. The molecule has 0 aliphatic heterocycles.